The zero-order chi connectivity index (χ0) is 19.9. The lowest BCUT2D eigenvalue weighted by molar-refractivity contribution is -0.134. The Bertz CT molecular complexity index is 891. The maximum Gasteiger partial charge on any atom is 0.345 e. The third-order valence-corrected chi connectivity index (χ3v) is 6.73. The van der Waals surface area contributed by atoms with Crippen molar-refractivity contribution in [2.45, 2.75) is 52.6 Å². The van der Waals surface area contributed by atoms with Crippen molar-refractivity contribution in [2.24, 2.45) is 10.3 Å². The Morgan fingerprint density at radius 3 is 2.19 bits per heavy atom. The molecular formula is C20H27N3O3S. The fourth-order valence-corrected chi connectivity index (χ4v) is 4.98. The second-order valence-electron chi connectivity index (χ2n) is 7.80. The molecule has 27 heavy (non-hydrogen) atoms. The van der Waals surface area contributed by atoms with Crippen LogP contribution < -0.4 is 0 Å². The van der Waals surface area contributed by atoms with Crippen LogP contribution in [-0.4, -0.2) is 48.4 Å². The summed E-state index contributed by atoms with van der Waals surface area (Å²) in [5, 5.41) is 0. The van der Waals surface area contributed by atoms with Crippen LogP contribution in [0.2, 0.25) is 0 Å². The van der Waals surface area contributed by atoms with E-state index in [9.17, 15) is 13.2 Å². The van der Waals surface area contributed by atoms with Gasteiger partial charge in [0.15, 0.2) is 0 Å². The Labute approximate surface area is 161 Å². The number of likely N-dealkylation sites (tertiary alicyclic amines) is 1. The first-order valence-corrected chi connectivity index (χ1v) is 10.7. The molecule has 0 radical (unpaired) electrons. The van der Waals surface area contributed by atoms with Gasteiger partial charge in [0.1, 0.15) is 5.70 Å². The molecule has 0 spiro atoms. The van der Waals surface area contributed by atoms with Crippen LogP contribution in [0, 0.1) is 12.8 Å². The highest BCUT2D eigenvalue weighted by Gasteiger charge is 2.38. The second-order valence-corrected chi connectivity index (χ2v) is 9.43. The summed E-state index contributed by atoms with van der Waals surface area (Å²) in [5.74, 6) is 0.290. The molecule has 1 aromatic carbocycles. The number of allylic oxidation sites excluding steroid dienone is 1. The van der Waals surface area contributed by atoms with Gasteiger partial charge in [-0.05, 0) is 45.6 Å². The van der Waals surface area contributed by atoms with Gasteiger partial charge in [-0.15, -0.1) is 4.40 Å². The second kappa shape index (κ2) is 7.11. The maximum absolute atomic E-state index is 13.3. The number of hydrogen-bond acceptors (Lipinski definition) is 3. The van der Waals surface area contributed by atoms with Crippen LogP contribution in [0.5, 0.6) is 0 Å². The number of hydrogen-bond donors (Lipinski definition) is 0. The Hall–Kier alpha value is -2.15. The first kappa shape index (κ1) is 19.6. The molecule has 0 unspecified atom stereocenters. The first-order chi connectivity index (χ1) is 12.6. The minimum Gasteiger partial charge on any atom is -0.332 e. The predicted molar refractivity (Wildman–Crippen MR) is 107 cm³/mol. The minimum absolute atomic E-state index is 0.0648. The highest BCUT2D eigenvalue weighted by molar-refractivity contribution is 7.88. The molecule has 2 aliphatic heterocycles. The van der Waals surface area contributed by atoms with Crippen LogP contribution in [0.4, 0.5) is 0 Å². The SMILES string of the molecule is Cc1ccc(C2=NS(=O)(=O)N(C)C(C(=O)N3[C@H](C)CC(C)C[C@H]3C)=C2)cc1. The smallest absolute Gasteiger partial charge is 0.332 e. The molecule has 146 valence electrons. The Balaban J connectivity index is 2.01. The molecule has 7 heteroatoms. The molecule has 0 saturated carbocycles. The first-order valence-electron chi connectivity index (χ1n) is 9.30. The van der Waals surface area contributed by atoms with E-state index >= 15 is 0 Å². The van der Waals surface area contributed by atoms with E-state index in [-0.39, 0.29) is 23.7 Å². The van der Waals surface area contributed by atoms with Crippen molar-refractivity contribution in [3.63, 3.8) is 0 Å². The van der Waals surface area contributed by atoms with Gasteiger partial charge in [-0.2, -0.15) is 8.42 Å². The fourth-order valence-electron chi connectivity index (χ4n) is 4.07. The van der Waals surface area contributed by atoms with Gasteiger partial charge in [0, 0.05) is 24.7 Å². The number of piperidine rings is 1. The Morgan fingerprint density at radius 2 is 1.63 bits per heavy atom. The average Bonchev–Trinajstić information content (AvgIpc) is 2.56. The molecule has 1 amide bonds. The molecule has 0 bridgehead atoms. The maximum atomic E-state index is 13.3. The average molecular weight is 390 g/mol. The molecule has 1 saturated heterocycles. The molecule has 6 nitrogen and oxygen atoms in total. The number of rotatable bonds is 2. The van der Waals surface area contributed by atoms with Crippen LogP contribution in [0.15, 0.2) is 40.4 Å². The van der Waals surface area contributed by atoms with E-state index in [1.165, 1.54) is 7.05 Å². The topological polar surface area (TPSA) is 70.0 Å². The zero-order valence-electron chi connectivity index (χ0n) is 16.5. The predicted octanol–water partition coefficient (Wildman–Crippen LogP) is 2.89. The minimum atomic E-state index is -3.94. The number of carbonyl (C=O) groups excluding carboxylic acids is 1. The monoisotopic (exact) mass is 389 g/mol. The summed E-state index contributed by atoms with van der Waals surface area (Å²) in [7, 11) is -2.56. The van der Waals surface area contributed by atoms with Crippen molar-refractivity contribution < 1.29 is 13.2 Å². The van der Waals surface area contributed by atoms with Crippen molar-refractivity contribution in [3.8, 4) is 0 Å². The third kappa shape index (κ3) is 3.78. The normalized spacial score (nSPS) is 27.8. The van der Waals surface area contributed by atoms with Gasteiger partial charge in [-0.25, -0.2) is 4.31 Å². The number of benzene rings is 1. The molecule has 2 atom stereocenters. The quantitative estimate of drug-likeness (QED) is 0.781. The highest BCUT2D eigenvalue weighted by Crippen LogP contribution is 2.30. The van der Waals surface area contributed by atoms with E-state index in [1.54, 1.807) is 6.08 Å². The number of aryl methyl sites for hydroxylation is 1. The van der Waals surface area contributed by atoms with Crippen LogP contribution >= 0.6 is 0 Å². The Kier molecular flexibility index (Phi) is 5.16. The summed E-state index contributed by atoms with van der Waals surface area (Å²) < 4.78 is 30.0. The summed E-state index contributed by atoms with van der Waals surface area (Å²) in [6, 6.07) is 7.57. The lowest BCUT2D eigenvalue weighted by atomic mass is 9.88. The van der Waals surface area contributed by atoms with E-state index in [0.717, 1.165) is 22.7 Å². The van der Waals surface area contributed by atoms with Crippen LogP contribution in [0.25, 0.3) is 0 Å². The number of carbonyl (C=O) groups is 1. The molecule has 1 fully saturated rings. The van der Waals surface area contributed by atoms with Crippen molar-refractivity contribution in [1.29, 1.82) is 0 Å². The van der Waals surface area contributed by atoms with Crippen molar-refractivity contribution >= 4 is 21.8 Å². The van der Waals surface area contributed by atoms with Gasteiger partial charge >= 0.3 is 10.2 Å². The van der Waals surface area contributed by atoms with Crippen LogP contribution in [0.1, 0.15) is 44.7 Å². The van der Waals surface area contributed by atoms with Crippen LogP contribution in [-0.2, 0) is 15.0 Å². The van der Waals surface area contributed by atoms with Gasteiger partial charge in [0.05, 0.1) is 5.71 Å². The summed E-state index contributed by atoms with van der Waals surface area (Å²) >= 11 is 0. The lowest BCUT2D eigenvalue weighted by Crippen LogP contribution is -2.52. The van der Waals surface area contributed by atoms with E-state index in [4.69, 9.17) is 0 Å². The van der Waals surface area contributed by atoms with E-state index < -0.39 is 10.2 Å². The lowest BCUT2D eigenvalue weighted by Gasteiger charge is -2.43. The largest absolute Gasteiger partial charge is 0.345 e. The molecule has 1 aromatic rings. The van der Waals surface area contributed by atoms with Gasteiger partial charge in [0.2, 0.25) is 0 Å². The molecule has 0 aliphatic carbocycles. The number of likely N-dealkylation sites (N-methyl/N-ethyl adjacent to an activating group) is 1. The zero-order valence-corrected chi connectivity index (χ0v) is 17.3. The molecule has 0 aromatic heterocycles. The standard InChI is InChI=1S/C20H27N3O3S/c1-13-6-8-17(9-7-13)18-12-19(22(5)27(25,26)21-18)20(24)23-15(3)10-14(2)11-16(23)4/h6-9,12,14-16H,10-11H2,1-5H3/t15-,16-/m1/s1. The van der Waals surface area contributed by atoms with Crippen molar-refractivity contribution in [2.75, 3.05) is 7.05 Å². The molecular weight excluding hydrogens is 362 g/mol. The van der Waals surface area contributed by atoms with Crippen LogP contribution in [0.3, 0.4) is 0 Å². The Morgan fingerprint density at radius 1 is 1.07 bits per heavy atom. The fraction of sp³-hybridized carbons (Fsp3) is 0.500. The van der Waals surface area contributed by atoms with Crippen molar-refractivity contribution in [3.05, 3.63) is 47.2 Å². The molecule has 3 rings (SSSR count). The summed E-state index contributed by atoms with van der Waals surface area (Å²) in [4.78, 5) is 15.1. The third-order valence-electron chi connectivity index (χ3n) is 5.41. The summed E-state index contributed by atoms with van der Waals surface area (Å²) in [6.07, 6.45) is 3.42. The van der Waals surface area contributed by atoms with Gasteiger partial charge in [-0.1, -0.05) is 36.8 Å². The summed E-state index contributed by atoms with van der Waals surface area (Å²) in [5.41, 5.74) is 2.19. The molecule has 2 aliphatic rings. The van der Waals surface area contributed by atoms with E-state index in [1.807, 2.05) is 49.9 Å². The van der Waals surface area contributed by atoms with Crippen molar-refractivity contribution in [1.82, 2.24) is 9.21 Å². The summed E-state index contributed by atoms with van der Waals surface area (Å²) in [6.45, 7) is 8.20. The van der Waals surface area contributed by atoms with Gasteiger partial charge in [0.25, 0.3) is 5.91 Å². The van der Waals surface area contributed by atoms with E-state index in [0.29, 0.717) is 17.2 Å². The molecule has 2 heterocycles. The van der Waals surface area contributed by atoms with Gasteiger partial charge < -0.3 is 4.90 Å². The highest BCUT2D eigenvalue weighted by atomic mass is 32.2. The van der Waals surface area contributed by atoms with E-state index in [2.05, 4.69) is 11.3 Å². The van der Waals surface area contributed by atoms with Gasteiger partial charge in [-0.3, -0.25) is 4.79 Å². The molecule has 0 N–H and O–H groups in total. The number of amides is 1. The number of nitrogens with zero attached hydrogens (tertiary/aromatic N) is 3.